The highest BCUT2D eigenvalue weighted by Crippen LogP contribution is 2.58. The lowest BCUT2D eigenvalue weighted by Crippen LogP contribution is -2.55. The molecule has 3 aliphatic heterocycles. The van der Waals surface area contributed by atoms with Crippen molar-refractivity contribution in [1.82, 2.24) is 19.8 Å². The molecule has 3 aliphatic rings. The Hall–Kier alpha value is -4.49. The lowest BCUT2D eigenvalue weighted by molar-refractivity contribution is -0.208. The van der Waals surface area contributed by atoms with E-state index in [1.807, 2.05) is 31.2 Å². The molecule has 6 N–H and O–H groups in total. The molecule has 0 saturated carbocycles. The van der Waals surface area contributed by atoms with Gasteiger partial charge in [0.2, 0.25) is 5.91 Å². The highest BCUT2D eigenvalue weighted by molar-refractivity contribution is 6.31. The number of benzene rings is 3. The molecule has 48 heavy (non-hydrogen) atoms. The zero-order chi connectivity index (χ0) is 33.4. The van der Waals surface area contributed by atoms with Crippen molar-refractivity contribution in [1.29, 1.82) is 0 Å². The van der Waals surface area contributed by atoms with Crippen LogP contribution in [0.15, 0.2) is 48.5 Å². The predicted molar refractivity (Wildman–Crippen MR) is 181 cm³/mol. The Kier molecular flexibility index (Phi) is 7.26. The minimum atomic E-state index is -1.12. The number of hydrogen-bond acceptors (Lipinski definition) is 8. The number of esters is 1. The number of carbonyl (C=O) groups excluding carboxylic acids is 3. The molecular formula is C36H40N6O6. The molecule has 0 aliphatic carbocycles. The van der Waals surface area contributed by atoms with E-state index in [-0.39, 0.29) is 31.4 Å². The Bertz CT molecular complexity index is 2150. The van der Waals surface area contributed by atoms with E-state index in [1.54, 1.807) is 7.11 Å². The first-order valence-electron chi connectivity index (χ1n) is 16.7. The van der Waals surface area contributed by atoms with Gasteiger partial charge in [-0.2, -0.15) is 0 Å². The fourth-order valence-corrected chi connectivity index (χ4v) is 8.36. The third-order valence-electron chi connectivity index (χ3n) is 10.7. The number of rotatable bonds is 11. The molecule has 2 bridgehead atoms. The molecule has 2 amide bonds. The summed E-state index contributed by atoms with van der Waals surface area (Å²) in [6.45, 7) is 3.02. The molecule has 3 aromatic carbocycles. The number of methoxy groups -OCH3 is 1. The molecule has 4 atom stereocenters. The van der Waals surface area contributed by atoms with Crippen molar-refractivity contribution in [2.24, 2.45) is 11.5 Å². The van der Waals surface area contributed by atoms with Gasteiger partial charge in [-0.25, -0.2) is 0 Å². The van der Waals surface area contributed by atoms with Crippen LogP contribution in [0.25, 0.3) is 43.6 Å². The standard InChI is InChI=1S/C36H40N6O6/c1-35-36(46-2,19-47-27(43)14-16-39-33(44)23(38)11-7-8-15-37)17-26(48-35)41-24-12-5-3-9-20(24)29-30-22(18-40-34(30)45)28-21-10-4-6-13-25(21)42(35)32(28)31(29)41/h3-6,9-10,12-13,23,26H,7-8,11,14-19,37-38H2,1-2H3,(H,39,44)(H,40,45)/t23?,26-,35+,36+/m1/s1. The molecule has 250 valence electrons. The van der Waals surface area contributed by atoms with E-state index in [9.17, 15) is 14.4 Å². The average Bonchev–Trinajstić information content (AvgIpc) is 3.80. The summed E-state index contributed by atoms with van der Waals surface area (Å²) < 4.78 is 23.9. The van der Waals surface area contributed by atoms with E-state index >= 15 is 0 Å². The second kappa shape index (κ2) is 11.3. The zero-order valence-corrected chi connectivity index (χ0v) is 27.1. The van der Waals surface area contributed by atoms with Gasteiger partial charge in [-0.05, 0) is 44.0 Å². The zero-order valence-electron chi connectivity index (χ0n) is 27.1. The fourth-order valence-electron chi connectivity index (χ4n) is 8.36. The highest BCUT2D eigenvalue weighted by atomic mass is 16.6. The van der Waals surface area contributed by atoms with Gasteiger partial charge in [0.1, 0.15) is 12.8 Å². The van der Waals surface area contributed by atoms with E-state index in [2.05, 4.69) is 44.0 Å². The van der Waals surface area contributed by atoms with Gasteiger partial charge >= 0.3 is 5.97 Å². The van der Waals surface area contributed by atoms with Gasteiger partial charge in [-0.15, -0.1) is 0 Å². The first kappa shape index (κ1) is 30.8. The number of para-hydroxylation sites is 2. The number of nitrogens with zero attached hydrogens (tertiary/aromatic N) is 2. The summed E-state index contributed by atoms with van der Waals surface area (Å²) in [5.74, 6) is -0.841. The quantitative estimate of drug-likeness (QED) is 0.124. The van der Waals surface area contributed by atoms with Gasteiger partial charge in [0.25, 0.3) is 5.91 Å². The maximum absolute atomic E-state index is 13.5. The number of nitrogens with two attached hydrogens (primary N) is 2. The van der Waals surface area contributed by atoms with E-state index in [4.69, 9.17) is 25.7 Å². The van der Waals surface area contributed by atoms with Crippen LogP contribution < -0.4 is 22.1 Å². The van der Waals surface area contributed by atoms with E-state index in [1.165, 1.54) is 0 Å². The Morgan fingerprint density at radius 3 is 2.56 bits per heavy atom. The van der Waals surface area contributed by atoms with Crippen molar-refractivity contribution >= 4 is 61.4 Å². The van der Waals surface area contributed by atoms with Crippen molar-refractivity contribution in [2.45, 2.75) is 69.2 Å². The van der Waals surface area contributed by atoms with Gasteiger partial charge in [-0.3, -0.25) is 14.4 Å². The van der Waals surface area contributed by atoms with Crippen molar-refractivity contribution in [3.8, 4) is 0 Å². The Morgan fingerprint density at radius 2 is 1.81 bits per heavy atom. The number of nitrogens with one attached hydrogen (secondary N) is 2. The molecule has 1 fully saturated rings. The number of unbranched alkanes of at least 4 members (excludes halogenated alkanes) is 1. The van der Waals surface area contributed by atoms with Crippen LogP contribution in [0.1, 0.15) is 61.2 Å². The summed E-state index contributed by atoms with van der Waals surface area (Å²) in [6.07, 6.45) is 1.98. The van der Waals surface area contributed by atoms with Crippen LogP contribution in [0.3, 0.4) is 0 Å². The SMILES string of the molecule is CO[C@]1(COC(=O)CCNC(=O)C(N)CCCCN)C[C@H]2O[C@]1(C)n1c3ccccc3c3c4c(c5c6ccccc6n2c5c31)C(=O)NC4. The summed E-state index contributed by atoms with van der Waals surface area (Å²) in [4.78, 5) is 39.0. The maximum atomic E-state index is 13.5. The number of hydrogen-bond donors (Lipinski definition) is 4. The normalized spacial score (nSPS) is 23.2. The van der Waals surface area contributed by atoms with Crippen molar-refractivity contribution in [3.05, 3.63) is 59.7 Å². The topological polar surface area (TPSA) is 165 Å². The first-order valence-corrected chi connectivity index (χ1v) is 16.7. The highest BCUT2D eigenvalue weighted by Gasteiger charge is 2.63. The number of ether oxygens (including phenoxy) is 3. The number of aromatic nitrogens is 2. The molecule has 12 heteroatoms. The molecule has 1 saturated heterocycles. The molecule has 0 spiro atoms. The summed E-state index contributed by atoms with van der Waals surface area (Å²) in [5, 5.41) is 9.75. The lowest BCUT2D eigenvalue weighted by atomic mass is 9.89. The monoisotopic (exact) mass is 652 g/mol. The minimum absolute atomic E-state index is 0.0163. The van der Waals surface area contributed by atoms with E-state index in [0.29, 0.717) is 31.5 Å². The molecule has 12 nitrogen and oxygen atoms in total. The Labute approximate surface area is 276 Å². The van der Waals surface area contributed by atoms with Crippen LogP contribution in [0.4, 0.5) is 0 Å². The number of amides is 2. The molecule has 0 radical (unpaired) electrons. The molecular weight excluding hydrogens is 612 g/mol. The average molecular weight is 653 g/mol. The minimum Gasteiger partial charge on any atom is -0.462 e. The number of fused-ring (bicyclic) bond motifs is 13. The van der Waals surface area contributed by atoms with Gasteiger partial charge in [0, 0.05) is 48.2 Å². The van der Waals surface area contributed by atoms with Crippen molar-refractivity contribution in [3.63, 3.8) is 0 Å². The van der Waals surface area contributed by atoms with Gasteiger partial charge < -0.3 is 45.4 Å². The van der Waals surface area contributed by atoms with Crippen molar-refractivity contribution in [2.75, 3.05) is 26.8 Å². The van der Waals surface area contributed by atoms with Crippen LogP contribution in [0, 0.1) is 0 Å². The Balaban J connectivity index is 1.19. The molecule has 5 aromatic rings. The largest absolute Gasteiger partial charge is 0.462 e. The van der Waals surface area contributed by atoms with Crippen LogP contribution in [-0.4, -0.2) is 65.4 Å². The second-order valence-corrected chi connectivity index (χ2v) is 13.3. The summed E-state index contributed by atoms with van der Waals surface area (Å²) >= 11 is 0. The van der Waals surface area contributed by atoms with Crippen LogP contribution >= 0.6 is 0 Å². The second-order valence-electron chi connectivity index (χ2n) is 13.3. The first-order chi connectivity index (χ1) is 23.2. The maximum Gasteiger partial charge on any atom is 0.307 e. The van der Waals surface area contributed by atoms with E-state index < -0.39 is 29.6 Å². The fraction of sp³-hybridized carbons (Fsp3) is 0.417. The van der Waals surface area contributed by atoms with Gasteiger partial charge in [-0.1, -0.05) is 42.8 Å². The molecule has 8 rings (SSSR count). The number of carbonyl (C=O) groups is 3. The lowest BCUT2D eigenvalue weighted by Gasteiger charge is -2.42. The molecule has 2 aromatic heterocycles. The smallest absolute Gasteiger partial charge is 0.307 e. The predicted octanol–water partition coefficient (Wildman–Crippen LogP) is 3.64. The third-order valence-corrected chi connectivity index (χ3v) is 10.7. The van der Waals surface area contributed by atoms with E-state index in [0.717, 1.165) is 62.0 Å². The van der Waals surface area contributed by atoms with Gasteiger partial charge in [0.05, 0.1) is 40.1 Å². The van der Waals surface area contributed by atoms with Crippen molar-refractivity contribution < 1.29 is 28.6 Å². The van der Waals surface area contributed by atoms with Crippen LogP contribution in [0.2, 0.25) is 0 Å². The Morgan fingerprint density at radius 1 is 1.08 bits per heavy atom. The summed E-state index contributed by atoms with van der Waals surface area (Å²) in [5.41, 5.74) is 14.8. The van der Waals surface area contributed by atoms with Crippen LogP contribution in [0.5, 0.6) is 0 Å². The third kappa shape index (κ3) is 4.19. The summed E-state index contributed by atoms with van der Waals surface area (Å²) in [6, 6.07) is 15.6. The summed E-state index contributed by atoms with van der Waals surface area (Å²) in [7, 11) is 1.63. The van der Waals surface area contributed by atoms with Crippen LogP contribution in [-0.2, 0) is 36.1 Å². The molecule has 5 heterocycles. The van der Waals surface area contributed by atoms with Gasteiger partial charge in [0.15, 0.2) is 11.3 Å². The molecule has 1 unspecified atom stereocenters.